The Hall–Kier alpha value is -4.78. The Kier molecular flexibility index (Phi) is 6.64. The minimum Gasteiger partial charge on any atom is -0.238 e. The lowest BCUT2D eigenvalue weighted by Crippen LogP contribution is -2.74. The van der Waals surface area contributed by atoms with Crippen molar-refractivity contribution in [2.45, 2.75) is 13.8 Å². The van der Waals surface area contributed by atoms with Gasteiger partial charge in [-0.05, 0) is 57.7 Å². The van der Waals surface area contributed by atoms with Crippen molar-refractivity contribution in [2.24, 2.45) is 7.05 Å². The molecule has 0 aliphatic carbocycles. The lowest BCUT2D eigenvalue weighted by molar-refractivity contribution is -0.659. The van der Waals surface area contributed by atoms with Crippen molar-refractivity contribution >= 4 is 45.3 Å². The van der Waals surface area contributed by atoms with Gasteiger partial charge in [-0.15, -0.1) is 0 Å². The van der Waals surface area contributed by atoms with Crippen LogP contribution in [0.3, 0.4) is 0 Å². The molecule has 6 rings (SSSR count). The van der Waals surface area contributed by atoms with Crippen molar-refractivity contribution in [3.05, 3.63) is 156 Å². The molecule has 1 heterocycles. The van der Waals surface area contributed by atoms with Gasteiger partial charge in [-0.2, -0.15) is 0 Å². The van der Waals surface area contributed by atoms with E-state index in [2.05, 4.69) is 152 Å². The molecule has 5 aromatic carbocycles. The summed E-state index contributed by atoms with van der Waals surface area (Å²) in [4.78, 5) is 3.76. The first-order valence-electron chi connectivity index (χ1n) is 13.6. The molecule has 0 amide bonds. The van der Waals surface area contributed by atoms with Crippen LogP contribution in [-0.4, -0.2) is 8.07 Å². The van der Waals surface area contributed by atoms with Crippen LogP contribution in [0.2, 0.25) is 0 Å². The van der Waals surface area contributed by atoms with E-state index in [0.717, 1.165) is 16.8 Å². The summed E-state index contributed by atoms with van der Waals surface area (Å²) in [7, 11) is -0.512. The maximum absolute atomic E-state index is 7.65. The van der Waals surface area contributed by atoms with Gasteiger partial charge in [0.25, 0.3) is 0 Å². The third kappa shape index (κ3) is 4.14. The Morgan fingerprint density at radius 1 is 0.625 bits per heavy atom. The number of nitrogens with zero attached hydrogens (tertiary/aromatic N) is 2. The van der Waals surface area contributed by atoms with Crippen LogP contribution in [0.25, 0.3) is 26.9 Å². The molecule has 0 aliphatic rings. The number of rotatable bonds is 5. The molecule has 0 spiro atoms. The molecule has 1 aromatic heterocycles. The summed E-state index contributed by atoms with van der Waals surface area (Å²) < 4.78 is 2.19. The van der Waals surface area contributed by atoms with Crippen LogP contribution < -0.4 is 25.3 Å². The van der Waals surface area contributed by atoms with Crippen molar-refractivity contribution < 1.29 is 4.57 Å². The lowest BCUT2D eigenvalue weighted by atomic mass is 9.96. The average molecular weight is 532 g/mol. The molecule has 0 atom stereocenters. The van der Waals surface area contributed by atoms with Gasteiger partial charge in [-0.3, -0.25) is 0 Å². The number of aryl methyl sites for hydroxylation is 2. The molecule has 3 heteroatoms. The summed E-state index contributed by atoms with van der Waals surface area (Å²) in [5.41, 5.74) is 5.28. The summed E-state index contributed by atoms with van der Waals surface area (Å²) in [6.07, 6.45) is 2.15. The Bertz CT molecular complexity index is 1780. The Labute approximate surface area is 237 Å². The fraction of sp³-hybridized carbons (Fsp3) is 0.0811. The zero-order valence-electron chi connectivity index (χ0n) is 23.1. The normalized spacial score (nSPS) is 11.3. The van der Waals surface area contributed by atoms with Crippen LogP contribution in [0.5, 0.6) is 0 Å². The van der Waals surface area contributed by atoms with Crippen molar-refractivity contribution in [3.63, 3.8) is 0 Å². The molecule has 0 N–H and O–H groups in total. The predicted octanol–water partition coefficient (Wildman–Crippen LogP) is 5.88. The van der Waals surface area contributed by atoms with Crippen molar-refractivity contribution in [2.75, 3.05) is 0 Å². The topological polar surface area (TPSA) is 8.24 Å². The minimum atomic E-state index is -2.61. The second-order valence-electron chi connectivity index (χ2n) is 10.5. The molecular formula is C37H31N2Si+. The van der Waals surface area contributed by atoms with Crippen molar-refractivity contribution in [3.8, 4) is 11.3 Å². The standard InChI is InChI=1S/C37H31N2Si/c1-27-24-30(38-3)26-36(28(27)2)37-35-21-20-34(25-29(35)22-23-39(37)4)40(31-14-8-5-9-15-31,32-16-10-6-11-17-32)33-18-12-7-13-19-33/h5-26H,1-2,4H3/q+1. The molecule has 0 fully saturated rings. The lowest BCUT2D eigenvalue weighted by Gasteiger charge is -2.34. The van der Waals surface area contributed by atoms with Crippen LogP contribution in [0.15, 0.2) is 134 Å². The van der Waals surface area contributed by atoms with Crippen molar-refractivity contribution in [1.82, 2.24) is 0 Å². The molecule has 0 saturated heterocycles. The van der Waals surface area contributed by atoms with Crippen LogP contribution in [0.1, 0.15) is 11.1 Å². The zero-order chi connectivity index (χ0) is 27.7. The summed E-state index contributed by atoms with van der Waals surface area (Å²) in [5, 5.41) is 7.84. The van der Waals surface area contributed by atoms with Gasteiger partial charge in [0.2, 0.25) is 5.69 Å². The monoisotopic (exact) mass is 531 g/mol. The molecule has 0 aliphatic heterocycles. The first-order valence-corrected chi connectivity index (χ1v) is 15.6. The Morgan fingerprint density at radius 2 is 1.18 bits per heavy atom. The SMILES string of the molecule is [C-]#[N+]c1cc(C)c(C)c(-c2c3ccc([Si](c4ccccc4)(c4ccccc4)c4ccccc4)cc3cc[n+]2C)c1. The van der Waals surface area contributed by atoms with E-state index in [9.17, 15) is 0 Å². The second-order valence-corrected chi connectivity index (χ2v) is 14.3. The molecule has 192 valence electrons. The number of hydrogen-bond acceptors (Lipinski definition) is 0. The Balaban J connectivity index is 1.69. The van der Waals surface area contributed by atoms with Gasteiger partial charge in [0.05, 0.1) is 12.0 Å². The fourth-order valence-corrected chi connectivity index (χ4v) is 10.9. The molecule has 0 radical (unpaired) electrons. The van der Waals surface area contributed by atoms with Gasteiger partial charge in [0.15, 0.2) is 20.0 Å². The van der Waals surface area contributed by atoms with Crippen molar-refractivity contribution in [1.29, 1.82) is 0 Å². The molecule has 0 saturated carbocycles. The number of fused-ring (bicyclic) bond motifs is 1. The third-order valence-electron chi connectivity index (χ3n) is 8.23. The molecule has 6 aromatic rings. The van der Waals surface area contributed by atoms with E-state index in [4.69, 9.17) is 6.57 Å². The van der Waals surface area contributed by atoms with E-state index in [0.29, 0.717) is 5.69 Å². The molecule has 0 unspecified atom stereocenters. The number of aromatic nitrogens is 1. The summed E-state index contributed by atoms with van der Waals surface area (Å²) in [6.45, 7) is 11.9. The van der Waals surface area contributed by atoms with Crippen LogP contribution in [-0.2, 0) is 7.05 Å². The van der Waals surface area contributed by atoms with Gasteiger partial charge < -0.3 is 0 Å². The van der Waals surface area contributed by atoms with E-state index >= 15 is 0 Å². The first-order chi connectivity index (χ1) is 19.5. The fourth-order valence-electron chi connectivity index (χ4n) is 6.16. The summed E-state index contributed by atoms with van der Waals surface area (Å²) in [5.74, 6) is 0. The van der Waals surface area contributed by atoms with E-state index in [-0.39, 0.29) is 0 Å². The third-order valence-corrected chi connectivity index (χ3v) is 13.0. The highest BCUT2D eigenvalue weighted by Crippen LogP contribution is 2.33. The quantitative estimate of drug-likeness (QED) is 0.114. The van der Waals surface area contributed by atoms with E-state index < -0.39 is 8.07 Å². The Morgan fingerprint density at radius 3 is 1.70 bits per heavy atom. The van der Waals surface area contributed by atoms with Crippen LogP contribution in [0, 0.1) is 20.4 Å². The largest absolute Gasteiger partial charge is 0.238 e. The van der Waals surface area contributed by atoms with Gasteiger partial charge in [-0.1, -0.05) is 115 Å². The van der Waals surface area contributed by atoms with Crippen LogP contribution >= 0.6 is 0 Å². The highest BCUT2D eigenvalue weighted by atomic mass is 28.3. The number of pyridine rings is 1. The van der Waals surface area contributed by atoms with E-state index in [1.807, 2.05) is 12.1 Å². The second kappa shape index (κ2) is 10.4. The van der Waals surface area contributed by atoms with Gasteiger partial charge in [-0.25, -0.2) is 9.41 Å². The molecule has 0 bridgehead atoms. The molecule has 40 heavy (non-hydrogen) atoms. The summed E-state index contributed by atoms with van der Waals surface area (Å²) in [6, 6.07) is 46.4. The van der Waals surface area contributed by atoms with E-state index in [1.165, 1.54) is 37.1 Å². The van der Waals surface area contributed by atoms with Gasteiger partial charge >= 0.3 is 0 Å². The first kappa shape index (κ1) is 25.5. The highest BCUT2D eigenvalue weighted by Gasteiger charge is 2.41. The minimum absolute atomic E-state index is 0.676. The zero-order valence-corrected chi connectivity index (χ0v) is 24.1. The van der Waals surface area contributed by atoms with Gasteiger partial charge in [0.1, 0.15) is 7.05 Å². The predicted molar refractivity (Wildman–Crippen MR) is 170 cm³/mol. The summed E-state index contributed by atoms with van der Waals surface area (Å²) >= 11 is 0. The smallest absolute Gasteiger partial charge is 0.219 e. The van der Waals surface area contributed by atoms with E-state index in [1.54, 1.807) is 0 Å². The average Bonchev–Trinajstić information content (AvgIpc) is 3.01. The van der Waals surface area contributed by atoms with Crippen LogP contribution in [0.4, 0.5) is 5.69 Å². The molecule has 2 nitrogen and oxygen atoms in total. The molecular weight excluding hydrogens is 501 g/mol. The highest BCUT2D eigenvalue weighted by molar-refractivity contribution is 7.20. The maximum Gasteiger partial charge on any atom is 0.219 e. The number of hydrogen-bond donors (Lipinski definition) is 0. The maximum atomic E-state index is 7.65. The van der Waals surface area contributed by atoms with Gasteiger partial charge in [0, 0.05) is 11.6 Å². The number of benzene rings is 5.